The summed E-state index contributed by atoms with van der Waals surface area (Å²) in [4.78, 5) is 11.8. The monoisotopic (exact) mass is 290 g/mol. The van der Waals surface area contributed by atoms with Crippen molar-refractivity contribution < 1.29 is 13.2 Å². The molecule has 1 heterocycles. The Morgan fingerprint density at radius 2 is 2.22 bits per heavy atom. The van der Waals surface area contributed by atoms with Gasteiger partial charge in [0.2, 0.25) is 0 Å². The van der Waals surface area contributed by atoms with Crippen LogP contribution in [0.4, 0.5) is 0 Å². The zero-order valence-corrected chi connectivity index (χ0v) is 11.6. The molecule has 0 unspecified atom stereocenters. The minimum Gasteiger partial charge on any atom is -0.351 e. The SMILES string of the molecule is Cn1cc(S(=O)(=O)Cl)cc1C(=O)NCCC1CC1. The number of hydrogen-bond donors (Lipinski definition) is 1. The molecule has 1 aromatic rings. The van der Waals surface area contributed by atoms with Crippen LogP contribution in [0, 0.1) is 5.92 Å². The molecule has 0 aromatic carbocycles. The number of aromatic nitrogens is 1. The standard InChI is InChI=1S/C11H15ClN2O3S/c1-14-7-9(18(12,16)17)6-10(14)11(15)13-5-4-8-2-3-8/h6-8H,2-5H2,1H3,(H,13,15). The summed E-state index contributed by atoms with van der Waals surface area (Å²) in [5, 5.41) is 2.78. The van der Waals surface area contributed by atoms with Gasteiger partial charge in [-0.05, 0) is 18.4 Å². The predicted octanol–water partition coefficient (Wildman–Crippen LogP) is 1.48. The van der Waals surface area contributed by atoms with Crippen LogP contribution in [0.1, 0.15) is 29.8 Å². The van der Waals surface area contributed by atoms with Crippen LogP contribution in [0.3, 0.4) is 0 Å². The number of carbonyl (C=O) groups is 1. The van der Waals surface area contributed by atoms with E-state index in [0.29, 0.717) is 12.2 Å². The molecule has 0 aliphatic heterocycles. The molecule has 5 nitrogen and oxygen atoms in total. The quantitative estimate of drug-likeness (QED) is 0.835. The average Bonchev–Trinajstić information content (AvgIpc) is 2.98. The maximum Gasteiger partial charge on any atom is 0.267 e. The first-order valence-electron chi connectivity index (χ1n) is 5.77. The lowest BCUT2D eigenvalue weighted by molar-refractivity contribution is 0.0944. The normalized spacial score (nSPS) is 15.7. The molecule has 0 saturated heterocycles. The maximum atomic E-state index is 11.8. The van der Waals surface area contributed by atoms with Crippen LogP contribution in [0.15, 0.2) is 17.2 Å². The van der Waals surface area contributed by atoms with E-state index in [0.717, 1.165) is 12.3 Å². The Kier molecular flexibility index (Phi) is 3.68. The van der Waals surface area contributed by atoms with Gasteiger partial charge in [-0.3, -0.25) is 4.79 Å². The highest BCUT2D eigenvalue weighted by molar-refractivity contribution is 8.13. The Labute approximate surface area is 111 Å². The Morgan fingerprint density at radius 1 is 1.56 bits per heavy atom. The molecule has 1 aliphatic carbocycles. The molecule has 0 bridgehead atoms. The second kappa shape index (κ2) is 4.93. The van der Waals surface area contributed by atoms with Gasteiger partial charge in [0.15, 0.2) is 0 Å². The van der Waals surface area contributed by atoms with Crippen LogP contribution in [-0.4, -0.2) is 25.4 Å². The Bertz CT molecular complexity index is 561. The molecule has 7 heteroatoms. The van der Waals surface area contributed by atoms with Crippen LogP contribution >= 0.6 is 10.7 Å². The summed E-state index contributed by atoms with van der Waals surface area (Å²) in [6, 6.07) is 1.29. The zero-order chi connectivity index (χ0) is 13.3. The van der Waals surface area contributed by atoms with E-state index in [1.807, 2.05) is 0 Å². The fourth-order valence-electron chi connectivity index (χ4n) is 1.78. The Balaban J connectivity index is 2.02. The summed E-state index contributed by atoms with van der Waals surface area (Å²) >= 11 is 0. The lowest BCUT2D eigenvalue weighted by Crippen LogP contribution is -2.26. The summed E-state index contributed by atoms with van der Waals surface area (Å²) in [5.41, 5.74) is 0.296. The molecule has 0 spiro atoms. The van der Waals surface area contributed by atoms with Crippen molar-refractivity contribution in [2.45, 2.75) is 24.2 Å². The number of nitrogens with one attached hydrogen (secondary N) is 1. The highest BCUT2D eigenvalue weighted by Gasteiger charge is 2.22. The topological polar surface area (TPSA) is 68.2 Å². The van der Waals surface area contributed by atoms with E-state index in [-0.39, 0.29) is 10.8 Å². The third-order valence-electron chi connectivity index (χ3n) is 3.03. The van der Waals surface area contributed by atoms with Gasteiger partial charge in [-0.15, -0.1) is 0 Å². The number of halogens is 1. The van der Waals surface area contributed by atoms with Gasteiger partial charge in [0.25, 0.3) is 15.0 Å². The van der Waals surface area contributed by atoms with Crippen LogP contribution in [0.5, 0.6) is 0 Å². The summed E-state index contributed by atoms with van der Waals surface area (Å²) < 4.78 is 23.8. The molecule has 100 valence electrons. The number of nitrogens with zero attached hydrogens (tertiary/aromatic N) is 1. The third kappa shape index (κ3) is 3.26. The number of hydrogen-bond acceptors (Lipinski definition) is 3. The lowest BCUT2D eigenvalue weighted by Gasteiger charge is -2.04. The lowest BCUT2D eigenvalue weighted by atomic mass is 10.3. The summed E-state index contributed by atoms with van der Waals surface area (Å²) in [5.74, 6) is 0.474. The van der Waals surface area contributed by atoms with Crippen molar-refractivity contribution in [3.63, 3.8) is 0 Å². The van der Waals surface area contributed by atoms with E-state index < -0.39 is 9.05 Å². The zero-order valence-electron chi connectivity index (χ0n) is 10.0. The van der Waals surface area contributed by atoms with Crippen molar-refractivity contribution >= 4 is 25.6 Å². The second-order valence-electron chi connectivity index (χ2n) is 4.60. The number of rotatable bonds is 5. The van der Waals surface area contributed by atoms with Crippen molar-refractivity contribution in [2.75, 3.05) is 6.54 Å². The molecule has 1 aromatic heterocycles. The van der Waals surface area contributed by atoms with Crippen LogP contribution in [0.25, 0.3) is 0 Å². The van der Waals surface area contributed by atoms with Crippen molar-refractivity contribution in [3.8, 4) is 0 Å². The smallest absolute Gasteiger partial charge is 0.267 e. The van der Waals surface area contributed by atoms with Crippen molar-refractivity contribution in [2.24, 2.45) is 13.0 Å². The molecule has 0 atom stereocenters. The summed E-state index contributed by atoms with van der Waals surface area (Å²) in [6.45, 7) is 0.623. The highest BCUT2D eigenvalue weighted by Crippen LogP contribution is 2.31. The summed E-state index contributed by atoms with van der Waals surface area (Å²) in [6.07, 6.45) is 4.80. The molecular weight excluding hydrogens is 276 g/mol. The Morgan fingerprint density at radius 3 is 2.72 bits per heavy atom. The Hall–Kier alpha value is -1.01. The molecule has 1 fully saturated rings. The van der Waals surface area contributed by atoms with Gasteiger partial charge >= 0.3 is 0 Å². The molecule has 1 N–H and O–H groups in total. The molecule has 18 heavy (non-hydrogen) atoms. The molecule has 0 radical (unpaired) electrons. The summed E-state index contributed by atoms with van der Waals surface area (Å²) in [7, 11) is 3.05. The first kappa shape index (κ1) is 13.4. The third-order valence-corrected chi connectivity index (χ3v) is 4.35. The van der Waals surface area contributed by atoms with E-state index in [4.69, 9.17) is 10.7 Å². The number of amides is 1. The van der Waals surface area contributed by atoms with E-state index in [1.54, 1.807) is 7.05 Å². The minimum atomic E-state index is -3.79. The molecule has 1 saturated carbocycles. The number of carbonyl (C=O) groups excluding carboxylic acids is 1. The molecule has 2 rings (SSSR count). The largest absolute Gasteiger partial charge is 0.351 e. The van der Waals surface area contributed by atoms with E-state index in [2.05, 4.69) is 5.32 Å². The van der Waals surface area contributed by atoms with Gasteiger partial charge < -0.3 is 9.88 Å². The van der Waals surface area contributed by atoms with Crippen LogP contribution < -0.4 is 5.32 Å². The highest BCUT2D eigenvalue weighted by atomic mass is 35.7. The van der Waals surface area contributed by atoms with Gasteiger partial charge in [-0.1, -0.05) is 12.8 Å². The first-order valence-corrected chi connectivity index (χ1v) is 8.08. The minimum absolute atomic E-state index is 0.0565. The van der Waals surface area contributed by atoms with Gasteiger partial charge in [0, 0.05) is 30.5 Å². The van der Waals surface area contributed by atoms with Crippen molar-refractivity contribution in [3.05, 3.63) is 18.0 Å². The first-order chi connectivity index (χ1) is 8.38. The van der Waals surface area contributed by atoms with Crippen LogP contribution in [0.2, 0.25) is 0 Å². The van der Waals surface area contributed by atoms with Crippen LogP contribution in [-0.2, 0) is 16.1 Å². The molecular formula is C11H15ClN2O3S. The second-order valence-corrected chi connectivity index (χ2v) is 7.16. The van der Waals surface area contributed by atoms with Gasteiger partial charge in [0.05, 0.1) is 0 Å². The fraction of sp³-hybridized carbons (Fsp3) is 0.545. The van der Waals surface area contributed by atoms with Gasteiger partial charge in [0.1, 0.15) is 10.6 Å². The fourth-order valence-corrected chi connectivity index (χ4v) is 2.57. The average molecular weight is 291 g/mol. The molecule has 1 aliphatic rings. The van der Waals surface area contributed by atoms with Crippen molar-refractivity contribution in [1.82, 2.24) is 9.88 Å². The van der Waals surface area contributed by atoms with Gasteiger partial charge in [-0.2, -0.15) is 0 Å². The van der Waals surface area contributed by atoms with E-state index >= 15 is 0 Å². The van der Waals surface area contributed by atoms with E-state index in [1.165, 1.54) is 29.7 Å². The van der Waals surface area contributed by atoms with Gasteiger partial charge in [-0.25, -0.2) is 8.42 Å². The predicted molar refractivity (Wildman–Crippen MR) is 68.1 cm³/mol. The number of aryl methyl sites for hydroxylation is 1. The molecule has 1 amide bonds. The maximum absolute atomic E-state index is 11.8. The van der Waals surface area contributed by atoms with E-state index in [9.17, 15) is 13.2 Å². The van der Waals surface area contributed by atoms with Crippen molar-refractivity contribution in [1.29, 1.82) is 0 Å².